The van der Waals surface area contributed by atoms with Crippen molar-refractivity contribution < 1.29 is 33.8 Å². The van der Waals surface area contributed by atoms with Crippen LogP contribution >= 0.6 is 0 Å². The predicted octanol–water partition coefficient (Wildman–Crippen LogP) is -0.184. The Bertz CT molecular complexity index is 403. The molecule has 0 aliphatic carbocycles. The Morgan fingerprint density at radius 3 is 2.18 bits per heavy atom. The molecule has 0 amide bonds. The first kappa shape index (κ1) is 14.6. The molecule has 1 rings (SSSR count). The Labute approximate surface area is 96.3 Å². The normalized spacial score (nSPS) is 13.6. The summed E-state index contributed by atoms with van der Waals surface area (Å²) in [5.74, 6) is -2.93. The quantitative estimate of drug-likeness (QED) is 0.406. The van der Waals surface area contributed by atoms with Crippen LogP contribution in [0.1, 0.15) is 6.92 Å². The van der Waals surface area contributed by atoms with Gasteiger partial charge in [-0.25, -0.2) is 19.2 Å². The van der Waals surface area contributed by atoms with Crippen molar-refractivity contribution in [2.75, 3.05) is 7.11 Å². The number of hydrogen-bond acceptors (Lipinski definition) is 6. The van der Waals surface area contributed by atoms with Gasteiger partial charge in [0.1, 0.15) is 0 Å². The van der Waals surface area contributed by atoms with Gasteiger partial charge in [-0.15, -0.1) is 0 Å². The van der Waals surface area contributed by atoms with Gasteiger partial charge in [0, 0.05) is 23.8 Å². The average molecular weight is 242 g/mol. The number of cyclic esters (lactones) is 2. The third-order valence-corrected chi connectivity index (χ3v) is 1.41. The van der Waals surface area contributed by atoms with Crippen LogP contribution in [-0.2, 0) is 28.7 Å². The minimum atomic E-state index is -1.17. The Morgan fingerprint density at radius 1 is 1.35 bits per heavy atom. The van der Waals surface area contributed by atoms with Gasteiger partial charge in [0.15, 0.2) is 0 Å². The topological polar surface area (TPSA) is 107 Å². The number of methoxy groups -OCH3 is 1. The van der Waals surface area contributed by atoms with Crippen molar-refractivity contribution in [1.29, 1.82) is 0 Å². The van der Waals surface area contributed by atoms with Crippen molar-refractivity contribution in [2.45, 2.75) is 6.92 Å². The Balaban J connectivity index is 0.000000302. The summed E-state index contributed by atoms with van der Waals surface area (Å²) in [4.78, 5) is 40.3. The molecule has 1 heterocycles. The van der Waals surface area contributed by atoms with Crippen LogP contribution in [0.5, 0.6) is 0 Å². The number of carboxylic acids is 1. The second-order valence-corrected chi connectivity index (χ2v) is 2.73. The van der Waals surface area contributed by atoms with Crippen LogP contribution < -0.4 is 0 Å². The monoisotopic (exact) mass is 242 g/mol. The van der Waals surface area contributed by atoms with Crippen molar-refractivity contribution in [3.05, 3.63) is 23.8 Å². The van der Waals surface area contributed by atoms with E-state index < -0.39 is 23.9 Å². The van der Waals surface area contributed by atoms with Crippen LogP contribution in [0, 0.1) is 0 Å². The number of aliphatic carboxylic acids is 1. The third kappa shape index (κ3) is 6.61. The van der Waals surface area contributed by atoms with Crippen LogP contribution in [0.4, 0.5) is 0 Å². The summed E-state index contributed by atoms with van der Waals surface area (Å²) in [7, 11) is 1.18. The molecule has 0 aromatic carbocycles. The number of hydrogen-bond donors (Lipinski definition) is 1. The molecule has 1 N–H and O–H groups in total. The van der Waals surface area contributed by atoms with Crippen LogP contribution in [0.15, 0.2) is 23.8 Å². The third-order valence-electron chi connectivity index (χ3n) is 1.41. The van der Waals surface area contributed by atoms with Gasteiger partial charge in [-0.05, 0) is 6.92 Å². The van der Waals surface area contributed by atoms with Gasteiger partial charge in [-0.1, -0.05) is 0 Å². The van der Waals surface area contributed by atoms with Crippen LogP contribution in [-0.4, -0.2) is 36.1 Å². The zero-order valence-electron chi connectivity index (χ0n) is 9.13. The van der Waals surface area contributed by atoms with Gasteiger partial charge in [0.05, 0.1) is 7.11 Å². The largest absolute Gasteiger partial charge is 0.478 e. The van der Waals surface area contributed by atoms with E-state index in [-0.39, 0.29) is 0 Å². The van der Waals surface area contributed by atoms with Gasteiger partial charge in [-0.2, -0.15) is 0 Å². The standard InChI is InChI=1S/C5H6O4.C5H4O3/c1-9-5(8)3-2-4(6)7;1-3-2-4(6)8-5(3)7/h2-3H,1H3,(H,6,7);2H,1H3/b3-2-;. The molecule has 0 fully saturated rings. The zero-order chi connectivity index (χ0) is 13.4. The highest BCUT2D eigenvalue weighted by atomic mass is 16.6. The number of rotatable bonds is 2. The lowest BCUT2D eigenvalue weighted by molar-refractivity contribution is -0.150. The fraction of sp³-hybridized carbons (Fsp3) is 0.200. The van der Waals surface area contributed by atoms with Crippen molar-refractivity contribution in [3.8, 4) is 0 Å². The molecule has 1 aliphatic heterocycles. The van der Waals surface area contributed by atoms with E-state index in [2.05, 4.69) is 9.47 Å². The average Bonchev–Trinajstić information content (AvgIpc) is 2.53. The van der Waals surface area contributed by atoms with E-state index in [1.807, 2.05) is 0 Å². The molecule has 0 saturated carbocycles. The SMILES string of the molecule is CC1=CC(=O)OC1=O.COC(=O)/C=C\C(=O)O. The summed E-state index contributed by atoms with van der Waals surface area (Å²) in [6.45, 7) is 1.53. The first-order chi connectivity index (χ1) is 7.86. The van der Waals surface area contributed by atoms with E-state index in [0.717, 1.165) is 6.08 Å². The van der Waals surface area contributed by atoms with Gasteiger partial charge in [0.2, 0.25) is 0 Å². The molecule has 7 heteroatoms. The van der Waals surface area contributed by atoms with E-state index in [4.69, 9.17) is 5.11 Å². The molecule has 0 atom stereocenters. The number of carboxylic acid groups (broad SMARTS) is 1. The molecule has 7 nitrogen and oxygen atoms in total. The van der Waals surface area contributed by atoms with Crippen molar-refractivity contribution in [2.24, 2.45) is 0 Å². The van der Waals surface area contributed by atoms with Gasteiger partial charge < -0.3 is 14.6 Å². The summed E-state index contributed by atoms with van der Waals surface area (Å²) in [6.07, 6.45) is 2.72. The fourth-order valence-electron chi connectivity index (χ4n) is 0.644. The van der Waals surface area contributed by atoms with E-state index in [9.17, 15) is 19.2 Å². The van der Waals surface area contributed by atoms with E-state index in [0.29, 0.717) is 11.6 Å². The van der Waals surface area contributed by atoms with E-state index in [1.54, 1.807) is 0 Å². The molecule has 0 radical (unpaired) electrons. The molecule has 0 spiro atoms. The highest BCUT2D eigenvalue weighted by molar-refractivity contribution is 6.08. The molecule has 0 aromatic heterocycles. The Morgan fingerprint density at radius 2 is 1.94 bits per heavy atom. The second kappa shape index (κ2) is 6.94. The van der Waals surface area contributed by atoms with Crippen LogP contribution in [0.3, 0.4) is 0 Å². The summed E-state index contributed by atoms with van der Waals surface area (Å²) < 4.78 is 8.21. The fourth-order valence-corrected chi connectivity index (χ4v) is 0.644. The summed E-state index contributed by atoms with van der Waals surface area (Å²) in [5, 5.41) is 7.96. The van der Waals surface area contributed by atoms with Crippen LogP contribution in [0.25, 0.3) is 0 Å². The molecule has 0 aromatic rings. The van der Waals surface area contributed by atoms with E-state index in [1.165, 1.54) is 20.1 Å². The minimum Gasteiger partial charge on any atom is -0.478 e. The Hall–Kier alpha value is -2.44. The smallest absolute Gasteiger partial charge is 0.341 e. The lowest BCUT2D eigenvalue weighted by Gasteiger charge is -1.85. The lowest BCUT2D eigenvalue weighted by atomic mass is 10.3. The minimum absolute atomic E-state index is 0.370. The van der Waals surface area contributed by atoms with Crippen LogP contribution in [0.2, 0.25) is 0 Å². The summed E-state index contributed by atoms with van der Waals surface area (Å²) >= 11 is 0. The summed E-state index contributed by atoms with van der Waals surface area (Å²) in [6, 6.07) is 0. The molecule has 1 aliphatic rings. The van der Waals surface area contributed by atoms with Crippen molar-refractivity contribution in [3.63, 3.8) is 0 Å². The second-order valence-electron chi connectivity index (χ2n) is 2.73. The first-order valence-corrected chi connectivity index (χ1v) is 4.30. The molecule has 0 saturated heterocycles. The number of ether oxygens (including phenoxy) is 2. The summed E-state index contributed by atoms with van der Waals surface area (Å²) in [5.41, 5.74) is 0.370. The van der Waals surface area contributed by atoms with Gasteiger partial charge in [-0.3, -0.25) is 0 Å². The van der Waals surface area contributed by atoms with E-state index >= 15 is 0 Å². The number of carbonyl (C=O) groups is 4. The molecule has 0 bridgehead atoms. The highest BCUT2D eigenvalue weighted by Gasteiger charge is 2.18. The van der Waals surface area contributed by atoms with Crippen molar-refractivity contribution in [1.82, 2.24) is 0 Å². The number of carbonyl (C=O) groups excluding carboxylic acids is 3. The molecule has 0 unspecified atom stereocenters. The predicted molar refractivity (Wildman–Crippen MR) is 53.6 cm³/mol. The molecular weight excluding hydrogens is 232 g/mol. The van der Waals surface area contributed by atoms with Crippen molar-refractivity contribution >= 4 is 23.9 Å². The highest BCUT2D eigenvalue weighted by Crippen LogP contribution is 2.04. The van der Waals surface area contributed by atoms with Gasteiger partial charge >= 0.3 is 23.9 Å². The first-order valence-electron chi connectivity index (χ1n) is 4.30. The number of esters is 3. The Kier molecular flexibility index (Phi) is 5.94. The zero-order valence-corrected chi connectivity index (χ0v) is 9.13. The molecule has 92 valence electrons. The van der Waals surface area contributed by atoms with Gasteiger partial charge in [0.25, 0.3) is 0 Å². The maximum atomic E-state index is 10.3. The maximum Gasteiger partial charge on any atom is 0.341 e. The molecule has 17 heavy (non-hydrogen) atoms. The lowest BCUT2D eigenvalue weighted by Crippen LogP contribution is -1.99. The maximum absolute atomic E-state index is 10.3. The molecular formula is C10H10O7.